The van der Waals surface area contributed by atoms with Crippen LogP contribution in [0.4, 0.5) is 0 Å². The first kappa shape index (κ1) is 9.60. The molecule has 3 rings (SSSR count). The van der Waals surface area contributed by atoms with Crippen LogP contribution in [0.1, 0.15) is 5.01 Å². The van der Waals surface area contributed by atoms with E-state index in [-0.39, 0.29) is 0 Å². The van der Waals surface area contributed by atoms with E-state index in [0.717, 1.165) is 16.3 Å². The lowest BCUT2D eigenvalue weighted by Crippen LogP contribution is -1.82. The molecular formula is C13H11NOS. The van der Waals surface area contributed by atoms with Crippen LogP contribution in [-0.2, 0) is 0 Å². The van der Waals surface area contributed by atoms with Gasteiger partial charge in [-0.05, 0) is 36.6 Å². The molecular weight excluding hydrogens is 218 g/mol. The topological polar surface area (TPSA) is 22.1 Å². The van der Waals surface area contributed by atoms with Crippen LogP contribution in [-0.4, -0.2) is 12.1 Å². The molecule has 0 aliphatic carbocycles. The number of aromatic nitrogens is 1. The smallest absolute Gasteiger partial charge is 0.119 e. The van der Waals surface area contributed by atoms with Gasteiger partial charge in [-0.2, -0.15) is 0 Å². The molecule has 0 saturated carbocycles. The molecule has 0 aliphatic rings. The highest BCUT2D eigenvalue weighted by Crippen LogP contribution is 2.30. The molecule has 0 radical (unpaired) electrons. The van der Waals surface area contributed by atoms with E-state index < -0.39 is 0 Å². The number of hydrogen-bond acceptors (Lipinski definition) is 3. The Morgan fingerprint density at radius 3 is 2.88 bits per heavy atom. The number of nitrogens with zero attached hydrogens (tertiary/aromatic N) is 1. The highest BCUT2D eigenvalue weighted by atomic mass is 32.1. The third-order valence-corrected chi connectivity index (χ3v) is 3.62. The number of fused-ring (bicyclic) bond motifs is 3. The molecule has 3 aromatic rings. The molecule has 0 amide bonds. The molecule has 0 saturated heterocycles. The summed E-state index contributed by atoms with van der Waals surface area (Å²) in [6, 6.07) is 10.4. The second-order valence-electron chi connectivity index (χ2n) is 3.73. The summed E-state index contributed by atoms with van der Waals surface area (Å²) in [6.45, 7) is 2.04. The van der Waals surface area contributed by atoms with E-state index in [1.807, 2.05) is 19.1 Å². The molecule has 0 bridgehead atoms. The summed E-state index contributed by atoms with van der Waals surface area (Å²) in [6.07, 6.45) is 0. The minimum atomic E-state index is 0.888. The van der Waals surface area contributed by atoms with Crippen LogP contribution in [0.2, 0.25) is 0 Å². The van der Waals surface area contributed by atoms with Gasteiger partial charge in [0.25, 0.3) is 0 Å². The second-order valence-corrected chi connectivity index (χ2v) is 4.97. The van der Waals surface area contributed by atoms with Crippen LogP contribution in [0.25, 0.3) is 21.0 Å². The lowest BCUT2D eigenvalue weighted by molar-refractivity contribution is 0.415. The Hall–Kier alpha value is -1.61. The SMILES string of the molecule is COc1ccc2c(ccc3sc(C)nc32)c1. The standard InChI is InChI=1S/C13H11NOS/c1-8-14-13-11-5-4-10(15-2)7-9(11)3-6-12(13)16-8/h3-7H,1-2H3. The quantitative estimate of drug-likeness (QED) is 0.633. The van der Waals surface area contributed by atoms with E-state index in [0.29, 0.717) is 0 Å². The van der Waals surface area contributed by atoms with Gasteiger partial charge in [0, 0.05) is 5.39 Å². The van der Waals surface area contributed by atoms with E-state index in [1.165, 1.54) is 15.5 Å². The van der Waals surface area contributed by atoms with Gasteiger partial charge in [-0.25, -0.2) is 4.98 Å². The molecule has 1 heterocycles. The average molecular weight is 229 g/mol. The van der Waals surface area contributed by atoms with E-state index in [9.17, 15) is 0 Å². The number of benzene rings is 2. The number of ether oxygens (including phenoxy) is 1. The Morgan fingerprint density at radius 1 is 1.19 bits per heavy atom. The van der Waals surface area contributed by atoms with E-state index in [2.05, 4.69) is 23.2 Å². The lowest BCUT2D eigenvalue weighted by Gasteiger charge is -2.02. The van der Waals surface area contributed by atoms with Crippen molar-refractivity contribution in [3.8, 4) is 5.75 Å². The van der Waals surface area contributed by atoms with Gasteiger partial charge >= 0.3 is 0 Å². The Bertz CT molecular complexity index is 672. The summed E-state index contributed by atoms with van der Waals surface area (Å²) in [5.74, 6) is 0.888. The van der Waals surface area contributed by atoms with Crippen LogP contribution in [0.5, 0.6) is 5.75 Å². The number of rotatable bonds is 1. The molecule has 0 spiro atoms. The fraction of sp³-hybridized carbons (Fsp3) is 0.154. The lowest BCUT2D eigenvalue weighted by atomic mass is 10.1. The van der Waals surface area contributed by atoms with Crippen LogP contribution >= 0.6 is 11.3 Å². The van der Waals surface area contributed by atoms with Crippen molar-refractivity contribution in [2.75, 3.05) is 7.11 Å². The minimum Gasteiger partial charge on any atom is -0.497 e. The van der Waals surface area contributed by atoms with Crippen molar-refractivity contribution < 1.29 is 4.74 Å². The molecule has 0 atom stereocenters. The van der Waals surface area contributed by atoms with Crippen molar-refractivity contribution in [2.45, 2.75) is 6.92 Å². The molecule has 0 fully saturated rings. The molecule has 16 heavy (non-hydrogen) atoms. The maximum absolute atomic E-state index is 5.22. The Morgan fingerprint density at radius 2 is 2.06 bits per heavy atom. The molecule has 3 heteroatoms. The van der Waals surface area contributed by atoms with Gasteiger partial charge in [0.15, 0.2) is 0 Å². The predicted molar refractivity (Wildman–Crippen MR) is 68.4 cm³/mol. The first-order chi connectivity index (χ1) is 7.78. The highest BCUT2D eigenvalue weighted by Gasteiger charge is 2.05. The van der Waals surface area contributed by atoms with Gasteiger partial charge in [0.05, 0.1) is 22.3 Å². The normalized spacial score (nSPS) is 11.1. The van der Waals surface area contributed by atoms with Crippen molar-refractivity contribution in [3.05, 3.63) is 35.3 Å². The predicted octanol–water partition coefficient (Wildman–Crippen LogP) is 3.77. The summed E-state index contributed by atoms with van der Waals surface area (Å²) in [5.41, 5.74) is 1.10. The zero-order chi connectivity index (χ0) is 11.1. The van der Waals surface area contributed by atoms with Gasteiger partial charge in [-0.1, -0.05) is 6.07 Å². The molecule has 0 N–H and O–H groups in total. The maximum atomic E-state index is 5.22. The summed E-state index contributed by atoms with van der Waals surface area (Å²) >= 11 is 1.73. The molecule has 0 aliphatic heterocycles. The third-order valence-electron chi connectivity index (χ3n) is 2.69. The molecule has 80 valence electrons. The molecule has 0 unspecified atom stereocenters. The summed E-state index contributed by atoms with van der Waals surface area (Å²) in [5, 5.41) is 3.48. The summed E-state index contributed by atoms with van der Waals surface area (Å²) in [4.78, 5) is 4.57. The van der Waals surface area contributed by atoms with Crippen molar-refractivity contribution in [1.82, 2.24) is 4.98 Å². The largest absolute Gasteiger partial charge is 0.497 e. The fourth-order valence-electron chi connectivity index (χ4n) is 1.94. The number of methoxy groups -OCH3 is 1. The maximum Gasteiger partial charge on any atom is 0.119 e. The van der Waals surface area contributed by atoms with Crippen LogP contribution in [0.3, 0.4) is 0 Å². The van der Waals surface area contributed by atoms with Crippen molar-refractivity contribution >= 4 is 32.3 Å². The van der Waals surface area contributed by atoms with Gasteiger partial charge in [0.2, 0.25) is 0 Å². The third kappa shape index (κ3) is 1.36. The highest BCUT2D eigenvalue weighted by molar-refractivity contribution is 7.18. The fourth-order valence-corrected chi connectivity index (χ4v) is 2.78. The van der Waals surface area contributed by atoms with E-state index >= 15 is 0 Å². The van der Waals surface area contributed by atoms with Crippen molar-refractivity contribution in [2.24, 2.45) is 0 Å². The van der Waals surface area contributed by atoms with Crippen LogP contribution < -0.4 is 4.74 Å². The number of hydrogen-bond donors (Lipinski definition) is 0. The van der Waals surface area contributed by atoms with Gasteiger partial charge < -0.3 is 4.74 Å². The summed E-state index contributed by atoms with van der Waals surface area (Å²) < 4.78 is 6.47. The second kappa shape index (κ2) is 3.46. The zero-order valence-corrected chi connectivity index (χ0v) is 9.97. The first-order valence-corrected chi connectivity index (χ1v) is 5.93. The van der Waals surface area contributed by atoms with Crippen LogP contribution in [0.15, 0.2) is 30.3 Å². The number of thiazole rings is 1. The Kier molecular flexibility index (Phi) is 2.07. The number of aryl methyl sites for hydroxylation is 1. The first-order valence-electron chi connectivity index (χ1n) is 5.12. The molecule has 1 aromatic heterocycles. The average Bonchev–Trinajstić information content (AvgIpc) is 2.69. The molecule has 2 aromatic carbocycles. The Labute approximate surface area is 97.5 Å². The van der Waals surface area contributed by atoms with E-state index in [4.69, 9.17) is 4.74 Å². The Balaban J connectivity index is 2.42. The van der Waals surface area contributed by atoms with Crippen molar-refractivity contribution in [3.63, 3.8) is 0 Å². The van der Waals surface area contributed by atoms with Crippen LogP contribution in [0, 0.1) is 6.92 Å². The van der Waals surface area contributed by atoms with Crippen molar-refractivity contribution in [1.29, 1.82) is 0 Å². The van der Waals surface area contributed by atoms with E-state index in [1.54, 1.807) is 18.4 Å². The summed E-state index contributed by atoms with van der Waals surface area (Å²) in [7, 11) is 1.69. The van der Waals surface area contributed by atoms with Gasteiger partial charge in [-0.15, -0.1) is 11.3 Å². The van der Waals surface area contributed by atoms with Gasteiger partial charge in [-0.3, -0.25) is 0 Å². The zero-order valence-electron chi connectivity index (χ0n) is 9.15. The monoisotopic (exact) mass is 229 g/mol. The molecule has 2 nitrogen and oxygen atoms in total. The minimum absolute atomic E-state index is 0.888. The van der Waals surface area contributed by atoms with Gasteiger partial charge in [0.1, 0.15) is 5.75 Å².